The van der Waals surface area contributed by atoms with Crippen molar-refractivity contribution in [1.29, 1.82) is 0 Å². The van der Waals surface area contributed by atoms with Gasteiger partial charge in [0.1, 0.15) is 18.1 Å². The number of hydrogen-bond donors (Lipinski definition) is 0. The highest BCUT2D eigenvalue weighted by atomic mass is 16.5. The molecule has 3 nitrogen and oxygen atoms in total. The number of rotatable bonds is 5. The molecule has 0 aliphatic heterocycles. The molecule has 0 aliphatic rings. The summed E-state index contributed by atoms with van der Waals surface area (Å²) in [6.07, 6.45) is 4.59. The minimum atomic E-state index is 0.341. The molecule has 0 bridgehead atoms. The van der Waals surface area contributed by atoms with Crippen molar-refractivity contribution in [3.63, 3.8) is 0 Å². The van der Waals surface area contributed by atoms with E-state index in [1.165, 1.54) is 0 Å². The Balaban J connectivity index is 1.96. The molecule has 0 aliphatic carbocycles. The Hall–Kier alpha value is -2.42. The molecule has 2 rings (SSSR count). The van der Waals surface area contributed by atoms with Crippen molar-refractivity contribution in [3.8, 4) is 5.75 Å². The summed E-state index contributed by atoms with van der Waals surface area (Å²) in [5.41, 5.74) is 2.26. The molecule has 3 heteroatoms. The summed E-state index contributed by atoms with van der Waals surface area (Å²) >= 11 is 0. The first-order chi connectivity index (χ1) is 9.29. The molecule has 0 spiro atoms. The molecule has 0 atom stereocenters. The van der Waals surface area contributed by atoms with Crippen LogP contribution in [0, 0.1) is 6.92 Å². The zero-order valence-corrected chi connectivity index (χ0v) is 10.7. The molecule has 0 fully saturated rings. The highest BCUT2D eigenvalue weighted by Crippen LogP contribution is 2.15. The van der Waals surface area contributed by atoms with Gasteiger partial charge in [0.2, 0.25) is 0 Å². The van der Waals surface area contributed by atoms with E-state index in [-0.39, 0.29) is 0 Å². The number of ether oxygens (including phenoxy) is 1. The number of aromatic nitrogens is 1. The first-order valence-electron chi connectivity index (χ1n) is 6.07. The predicted octanol–water partition coefficient (Wildman–Crippen LogP) is 3.29. The van der Waals surface area contributed by atoms with E-state index in [4.69, 9.17) is 4.74 Å². The molecule has 0 amide bonds. The first-order valence-corrected chi connectivity index (χ1v) is 6.07. The quantitative estimate of drug-likeness (QED) is 0.767. The lowest BCUT2D eigenvalue weighted by Crippen LogP contribution is -2.00. The number of aldehydes is 1. The Kier molecular flexibility index (Phi) is 4.45. The third-order valence-corrected chi connectivity index (χ3v) is 2.58. The number of nitrogens with zero attached hydrogens (tertiary/aromatic N) is 1. The van der Waals surface area contributed by atoms with Crippen molar-refractivity contribution in [2.24, 2.45) is 0 Å². The maximum Gasteiger partial charge on any atom is 0.172 e. The Morgan fingerprint density at radius 1 is 1.16 bits per heavy atom. The topological polar surface area (TPSA) is 39.2 Å². The van der Waals surface area contributed by atoms with Gasteiger partial charge in [-0.2, -0.15) is 0 Å². The highest BCUT2D eigenvalue weighted by molar-refractivity contribution is 5.76. The second-order valence-corrected chi connectivity index (χ2v) is 4.08. The molecule has 1 aromatic heterocycles. The molecule has 19 heavy (non-hydrogen) atoms. The van der Waals surface area contributed by atoms with E-state index in [9.17, 15) is 4.79 Å². The van der Waals surface area contributed by atoms with Crippen LogP contribution < -0.4 is 4.74 Å². The first kappa shape index (κ1) is 13.0. The zero-order valence-electron chi connectivity index (χ0n) is 10.7. The number of carbonyl (C=O) groups is 1. The fraction of sp³-hybridized carbons (Fsp3) is 0.125. The van der Waals surface area contributed by atoms with Crippen molar-refractivity contribution in [2.45, 2.75) is 6.92 Å². The van der Waals surface area contributed by atoms with Crippen LogP contribution in [0.1, 0.15) is 21.7 Å². The fourth-order valence-electron chi connectivity index (χ4n) is 1.66. The van der Waals surface area contributed by atoms with Crippen LogP contribution in [0.5, 0.6) is 5.75 Å². The molecule has 0 N–H and O–H groups in total. The molecule has 0 unspecified atom stereocenters. The van der Waals surface area contributed by atoms with Gasteiger partial charge in [0.05, 0.1) is 0 Å². The van der Waals surface area contributed by atoms with Crippen molar-refractivity contribution in [2.75, 3.05) is 6.61 Å². The predicted molar refractivity (Wildman–Crippen MR) is 75.3 cm³/mol. The summed E-state index contributed by atoms with van der Waals surface area (Å²) in [4.78, 5) is 15.0. The second-order valence-electron chi connectivity index (χ2n) is 4.08. The Morgan fingerprint density at radius 3 is 2.68 bits per heavy atom. The van der Waals surface area contributed by atoms with E-state index in [1.54, 1.807) is 6.07 Å². The number of pyridine rings is 1. The van der Waals surface area contributed by atoms with E-state index in [0.29, 0.717) is 24.3 Å². The summed E-state index contributed by atoms with van der Waals surface area (Å²) in [7, 11) is 0. The lowest BCUT2D eigenvalue weighted by molar-refractivity contribution is 0.111. The number of hydrogen-bond acceptors (Lipinski definition) is 3. The average Bonchev–Trinajstić information content (AvgIpc) is 2.46. The van der Waals surface area contributed by atoms with Gasteiger partial charge in [0.15, 0.2) is 6.29 Å². The zero-order chi connectivity index (χ0) is 13.5. The van der Waals surface area contributed by atoms with Crippen LogP contribution in [0.15, 0.2) is 48.5 Å². The highest BCUT2D eigenvalue weighted by Gasteiger charge is 2.03. The molecule has 1 heterocycles. The maximum absolute atomic E-state index is 10.9. The van der Waals surface area contributed by atoms with Gasteiger partial charge in [0, 0.05) is 5.69 Å². The van der Waals surface area contributed by atoms with Crippen molar-refractivity contribution in [3.05, 3.63) is 65.5 Å². The van der Waals surface area contributed by atoms with Gasteiger partial charge >= 0.3 is 0 Å². The summed E-state index contributed by atoms with van der Waals surface area (Å²) in [6.45, 7) is 2.24. The largest absolute Gasteiger partial charge is 0.487 e. The van der Waals surface area contributed by atoms with E-state index >= 15 is 0 Å². The monoisotopic (exact) mass is 253 g/mol. The molecular formula is C16H15NO2. The van der Waals surface area contributed by atoms with E-state index in [1.807, 2.05) is 55.5 Å². The average molecular weight is 253 g/mol. The van der Waals surface area contributed by atoms with Crippen LogP contribution in [0.3, 0.4) is 0 Å². The number of carbonyl (C=O) groups excluding carboxylic acids is 1. The summed E-state index contributed by atoms with van der Waals surface area (Å²) in [6, 6.07) is 13.6. The van der Waals surface area contributed by atoms with Crippen molar-refractivity contribution >= 4 is 12.4 Å². The molecule has 0 saturated carbocycles. The minimum Gasteiger partial charge on any atom is -0.487 e. The third kappa shape index (κ3) is 3.78. The molecule has 0 saturated heterocycles. The lowest BCUT2D eigenvalue weighted by atomic mass is 10.2. The molecule has 0 radical (unpaired) electrons. The van der Waals surface area contributed by atoms with Crippen LogP contribution >= 0.6 is 0 Å². The van der Waals surface area contributed by atoms with Gasteiger partial charge in [0.25, 0.3) is 0 Å². The van der Waals surface area contributed by atoms with Gasteiger partial charge in [-0.1, -0.05) is 36.4 Å². The molecule has 1 aromatic carbocycles. The smallest absolute Gasteiger partial charge is 0.172 e. The standard InChI is InChI=1S/C16H15NO2/c1-13-9-10-16(15(12-18)17-13)19-11-5-8-14-6-3-2-4-7-14/h2-10,12H,11H2,1H3. The SMILES string of the molecule is Cc1ccc(OCC=Cc2ccccc2)c(C=O)n1. The van der Waals surface area contributed by atoms with Gasteiger partial charge in [-0.25, -0.2) is 4.98 Å². The van der Waals surface area contributed by atoms with E-state index < -0.39 is 0 Å². The maximum atomic E-state index is 10.9. The van der Waals surface area contributed by atoms with Crippen molar-refractivity contribution < 1.29 is 9.53 Å². The van der Waals surface area contributed by atoms with E-state index in [2.05, 4.69) is 4.98 Å². The van der Waals surface area contributed by atoms with Crippen LogP contribution in [-0.2, 0) is 0 Å². The van der Waals surface area contributed by atoms with Gasteiger partial charge in [-0.05, 0) is 30.7 Å². The number of aryl methyl sites for hydroxylation is 1. The summed E-state index contributed by atoms with van der Waals surface area (Å²) in [5, 5.41) is 0. The second kappa shape index (κ2) is 6.50. The summed E-state index contributed by atoms with van der Waals surface area (Å²) < 4.78 is 5.52. The van der Waals surface area contributed by atoms with Crippen LogP contribution in [0.4, 0.5) is 0 Å². The van der Waals surface area contributed by atoms with Crippen LogP contribution in [-0.4, -0.2) is 17.9 Å². The summed E-state index contributed by atoms with van der Waals surface area (Å²) in [5.74, 6) is 0.512. The normalized spacial score (nSPS) is 10.6. The third-order valence-electron chi connectivity index (χ3n) is 2.58. The van der Waals surface area contributed by atoms with Gasteiger partial charge in [-0.3, -0.25) is 4.79 Å². The molecule has 96 valence electrons. The lowest BCUT2D eigenvalue weighted by Gasteiger charge is -2.05. The fourth-order valence-corrected chi connectivity index (χ4v) is 1.66. The van der Waals surface area contributed by atoms with Crippen LogP contribution in [0.2, 0.25) is 0 Å². The van der Waals surface area contributed by atoms with Gasteiger partial charge in [-0.15, -0.1) is 0 Å². The Morgan fingerprint density at radius 2 is 1.95 bits per heavy atom. The minimum absolute atomic E-state index is 0.341. The molecule has 2 aromatic rings. The molecular weight excluding hydrogens is 238 g/mol. The Labute approximate surface area is 112 Å². The van der Waals surface area contributed by atoms with Gasteiger partial charge < -0.3 is 4.74 Å². The number of benzene rings is 1. The Bertz CT molecular complexity index is 577. The van der Waals surface area contributed by atoms with Crippen molar-refractivity contribution in [1.82, 2.24) is 4.98 Å². The van der Waals surface area contributed by atoms with Crippen LogP contribution in [0.25, 0.3) is 6.08 Å². The van der Waals surface area contributed by atoms with E-state index in [0.717, 1.165) is 11.3 Å².